The first-order chi connectivity index (χ1) is 9.27. The van der Waals surface area contributed by atoms with Crippen molar-refractivity contribution in [2.24, 2.45) is 0 Å². The van der Waals surface area contributed by atoms with Crippen LogP contribution in [0, 0.1) is 0 Å². The molecule has 0 aromatic carbocycles. The SMILES string of the molecule is O=S(=O)(Cl)c1c(OC(F)(F)F)cnc(C(F)(F)F)c1CCl. The molecule has 0 atom stereocenters. The summed E-state index contributed by atoms with van der Waals surface area (Å²) in [4.78, 5) is 1.19. The van der Waals surface area contributed by atoms with Crippen LogP contribution in [-0.2, 0) is 21.1 Å². The van der Waals surface area contributed by atoms with Crippen molar-refractivity contribution in [1.82, 2.24) is 4.98 Å². The second-order valence-corrected chi connectivity index (χ2v) is 6.17. The number of halogens is 8. The quantitative estimate of drug-likeness (QED) is 0.458. The van der Waals surface area contributed by atoms with E-state index < -0.39 is 49.4 Å². The van der Waals surface area contributed by atoms with Gasteiger partial charge >= 0.3 is 12.5 Å². The first kappa shape index (κ1) is 18.1. The van der Waals surface area contributed by atoms with Crippen molar-refractivity contribution in [2.45, 2.75) is 23.3 Å². The maximum Gasteiger partial charge on any atom is 0.573 e. The van der Waals surface area contributed by atoms with Gasteiger partial charge in [0.1, 0.15) is 10.6 Å². The first-order valence-electron chi connectivity index (χ1n) is 4.63. The van der Waals surface area contributed by atoms with Crippen molar-refractivity contribution in [3.8, 4) is 5.75 Å². The molecule has 0 radical (unpaired) electrons. The maximum absolute atomic E-state index is 12.7. The minimum Gasteiger partial charge on any atom is -0.403 e. The molecule has 4 nitrogen and oxygen atoms in total. The third kappa shape index (κ3) is 4.51. The van der Waals surface area contributed by atoms with Crippen LogP contribution in [0.3, 0.4) is 0 Å². The van der Waals surface area contributed by atoms with Crippen LogP contribution in [-0.4, -0.2) is 19.8 Å². The van der Waals surface area contributed by atoms with E-state index in [1.807, 2.05) is 0 Å². The molecule has 1 heterocycles. The minimum atomic E-state index is -5.36. The number of ether oxygens (including phenoxy) is 1. The van der Waals surface area contributed by atoms with Crippen LogP contribution in [0.5, 0.6) is 5.75 Å². The molecule has 1 aromatic rings. The van der Waals surface area contributed by atoms with Crippen LogP contribution in [0.4, 0.5) is 26.3 Å². The van der Waals surface area contributed by atoms with Crippen molar-refractivity contribution in [1.29, 1.82) is 0 Å². The topological polar surface area (TPSA) is 56.3 Å². The van der Waals surface area contributed by atoms with Crippen LogP contribution in [0.2, 0.25) is 0 Å². The van der Waals surface area contributed by atoms with Crippen molar-refractivity contribution < 1.29 is 39.5 Å². The van der Waals surface area contributed by atoms with Gasteiger partial charge in [0.25, 0.3) is 9.05 Å². The lowest BCUT2D eigenvalue weighted by molar-refractivity contribution is -0.275. The van der Waals surface area contributed by atoms with Gasteiger partial charge in [-0.05, 0) is 0 Å². The Bertz CT molecular complexity index is 643. The summed E-state index contributed by atoms with van der Waals surface area (Å²) in [6.07, 6.45) is -10.5. The van der Waals surface area contributed by atoms with Crippen molar-refractivity contribution in [2.75, 3.05) is 0 Å². The molecule has 0 saturated carbocycles. The van der Waals surface area contributed by atoms with E-state index in [4.69, 9.17) is 22.3 Å². The van der Waals surface area contributed by atoms with Gasteiger partial charge in [0.05, 0.1) is 12.1 Å². The highest BCUT2D eigenvalue weighted by atomic mass is 35.7. The second kappa shape index (κ2) is 5.69. The summed E-state index contributed by atoms with van der Waals surface area (Å²) in [5.41, 5.74) is -3.01. The van der Waals surface area contributed by atoms with E-state index in [-0.39, 0.29) is 6.20 Å². The van der Waals surface area contributed by atoms with Crippen LogP contribution in [0.1, 0.15) is 11.3 Å². The first-order valence-corrected chi connectivity index (χ1v) is 7.47. The van der Waals surface area contributed by atoms with E-state index in [9.17, 15) is 34.8 Å². The fourth-order valence-corrected chi connectivity index (χ4v) is 2.99. The predicted octanol–water partition coefficient (Wildman–Crippen LogP) is 3.67. The molecule has 0 amide bonds. The molecule has 0 fully saturated rings. The molecular formula is C8H3Cl2F6NO3S. The third-order valence-electron chi connectivity index (χ3n) is 1.97. The lowest BCUT2D eigenvalue weighted by Gasteiger charge is -2.17. The van der Waals surface area contributed by atoms with Gasteiger partial charge in [-0.3, -0.25) is 0 Å². The van der Waals surface area contributed by atoms with Crippen molar-refractivity contribution in [3.63, 3.8) is 0 Å². The third-order valence-corrected chi connectivity index (χ3v) is 3.63. The van der Waals surface area contributed by atoms with E-state index in [0.29, 0.717) is 0 Å². The maximum atomic E-state index is 12.7. The molecule has 1 rings (SSSR count). The molecule has 0 aliphatic rings. The van der Waals surface area contributed by atoms with Crippen molar-refractivity contribution in [3.05, 3.63) is 17.5 Å². The van der Waals surface area contributed by atoms with Gasteiger partial charge in [0, 0.05) is 16.2 Å². The van der Waals surface area contributed by atoms with Crippen molar-refractivity contribution >= 4 is 31.3 Å². The number of pyridine rings is 1. The summed E-state index contributed by atoms with van der Waals surface area (Å²) in [6.45, 7) is 0. The zero-order valence-electron chi connectivity index (χ0n) is 9.39. The van der Waals surface area contributed by atoms with Crippen LogP contribution >= 0.6 is 22.3 Å². The predicted molar refractivity (Wildman–Crippen MR) is 58.5 cm³/mol. The lowest BCUT2D eigenvalue weighted by Crippen LogP contribution is -2.21. The zero-order chi connectivity index (χ0) is 16.6. The number of rotatable bonds is 3. The second-order valence-electron chi connectivity index (χ2n) is 3.40. The summed E-state index contributed by atoms with van der Waals surface area (Å²) in [5.74, 6) is -2.60. The Morgan fingerprint density at radius 2 is 1.71 bits per heavy atom. The van der Waals surface area contributed by atoms with Gasteiger partial charge in [-0.2, -0.15) is 13.2 Å². The molecule has 21 heavy (non-hydrogen) atoms. The highest BCUT2D eigenvalue weighted by molar-refractivity contribution is 8.13. The zero-order valence-corrected chi connectivity index (χ0v) is 11.7. The van der Waals surface area contributed by atoms with E-state index in [0.717, 1.165) is 0 Å². The van der Waals surface area contributed by atoms with Crippen LogP contribution < -0.4 is 4.74 Å². The Kier molecular flexibility index (Phi) is 4.91. The van der Waals surface area contributed by atoms with E-state index in [1.54, 1.807) is 0 Å². The Balaban J connectivity index is 3.72. The number of aromatic nitrogens is 1. The molecule has 120 valence electrons. The number of hydrogen-bond acceptors (Lipinski definition) is 4. The van der Waals surface area contributed by atoms with Gasteiger partial charge in [-0.1, -0.05) is 0 Å². The molecule has 0 saturated heterocycles. The van der Waals surface area contributed by atoms with Gasteiger partial charge < -0.3 is 4.74 Å². The molecule has 1 aromatic heterocycles. The standard InChI is InChI=1S/C8H3Cl2F6NO3S/c9-1-3-5(21(10,18)19)4(20-8(14,15)16)2-17-6(3)7(11,12)13/h2H,1H2. The van der Waals surface area contributed by atoms with E-state index in [2.05, 4.69) is 9.72 Å². The van der Waals surface area contributed by atoms with Crippen LogP contribution in [0.25, 0.3) is 0 Å². The summed E-state index contributed by atoms with van der Waals surface area (Å²) < 4.78 is 100. The number of alkyl halides is 7. The van der Waals surface area contributed by atoms with E-state index in [1.165, 1.54) is 0 Å². The Morgan fingerprint density at radius 3 is 2.05 bits per heavy atom. The largest absolute Gasteiger partial charge is 0.573 e. The normalized spacial score (nSPS) is 13.3. The molecule has 13 heteroatoms. The molecule has 0 aliphatic carbocycles. The van der Waals surface area contributed by atoms with Gasteiger partial charge in [0.2, 0.25) is 0 Å². The average molecular weight is 378 g/mol. The van der Waals surface area contributed by atoms with Gasteiger partial charge in [-0.15, -0.1) is 24.8 Å². The summed E-state index contributed by atoms with van der Waals surface area (Å²) in [7, 11) is -0.139. The molecular weight excluding hydrogens is 375 g/mol. The Labute approximate surface area is 123 Å². The molecule has 0 N–H and O–H groups in total. The fourth-order valence-electron chi connectivity index (χ4n) is 1.35. The highest BCUT2D eigenvalue weighted by Gasteiger charge is 2.41. The Hall–Kier alpha value is -0.940. The van der Waals surface area contributed by atoms with Gasteiger partial charge in [-0.25, -0.2) is 13.4 Å². The fraction of sp³-hybridized carbons (Fsp3) is 0.375. The molecule has 0 spiro atoms. The molecule has 0 aliphatic heterocycles. The van der Waals surface area contributed by atoms with E-state index >= 15 is 0 Å². The highest BCUT2D eigenvalue weighted by Crippen LogP contribution is 2.40. The summed E-state index contributed by atoms with van der Waals surface area (Å²) >= 11 is 5.19. The van der Waals surface area contributed by atoms with Gasteiger partial charge in [0.15, 0.2) is 5.75 Å². The number of nitrogens with zero attached hydrogens (tertiary/aromatic N) is 1. The lowest BCUT2D eigenvalue weighted by atomic mass is 10.2. The monoisotopic (exact) mass is 377 g/mol. The minimum absolute atomic E-state index is 0.0401. The molecule has 0 bridgehead atoms. The summed E-state index contributed by atoms with van der Waals surface area (Å²) in [6, 6.07) is 0. The smallest absolute Gasteiger partial charge is 0.403 e. The Morgan fingerprint density at radius 1 is 1.19 bits per heavy atom. The molecule has 0 unspecified atom stereocenters. The number of hydrogen-bond donors (Lipinski definition) is 0. The van der Waals surface area contributed by atoms with Crippen LogP contribution in [0.15, 0.2) is 11.1 Å². The average Bonchev–Trinajstić information content (AvgIpc) is 2.22. The summed E-state index contributed by atoms with van der Waals surface area (Å²) in [5, 5.41) is 0.